The van der Waals surface area contributed by atoms with Gasteiger partial charge in [0, 0.05) is 17.1 Å². The molecule has 0 aliphatic heterocycles. The first kappa shape index (κ1) is 11.0. The zero-order valence-corrected chi connectivity index (χ0v) is 10.2. The van der Waals surface area contributed by atoms with Crippen LogP contribution in [0.5, 0.6) is 0 Å². The van der Waals surface area contributed by atoms with Gasteiger partial charge in [0.25, 0.3) is 0 Å². The highest BCUT2D eigenvalue weighted by molar-refractivity contribution is 7.08. The Labute approximate surface area is 99.0 Å². The van der Waals surface area contributed by atoms with Gasteiger partial charge in [-0.25, -0.2) is 0 Å². The van der Waals surface area contributed by atoms with Gasteiger partial charge in [-0.05, 0) is 36.4 Å². The summed E-state index contributed by atoms with van der Waals surface area (Å²) in [6.45, 7) is 3.95. The van der Waals surface area contributed by atoms with E-state index >= 15 is 0 Å². The van der Waals surface area contributed by atoms with Crippen LogP contribution in [-0.4, -0.2) is 10.8 Å². The molecule has 0 amide bonds. The molecule has 0 radical (unpaired) electrons. The molecule has 82 valence electrons. The van der Waals surface area contributed by atoms with Crippen LogP contribution >= 0.6 is 11.3 Å². The molecule has 2 heterocycles. The van der Waals surface area contributed by atoms with Gasteiger partial charge >= 0.3 is 0 Å². The summed E-state index contributed by atoms with van der Waals surface area (Å²) < 4.78 is 0. The van der Waals surface area contributed by atoms with E-state index < -0.39 is 0 Å². The molecule has 2 nitrogen and oxygen atoms in total. The summed E-state index contributed by atoms with van der Waals surface area (Å²) >= 11 is 1.57. The maximum atomic E-state index is 12.0. The third-order valence-electron chi connectivity index (χ3n) is 2.60. The van der Waals surface area contributed by atoms with Crippen molar-refractivity contribution in [2.45, 2.75) is 20.3 Å². The number of nitrogens with zero attached hydrogens (tertiary/aromatic N) is 1. The highest BCUT2D eigenvalue weighted by Gasteiger charge is 2.12. The monoisotopic (exact) mass is 231 g/mol. The molecule has 0 saturated heterocycles. The van der Waals surface area contributed by atoms with Crippen LogP contribution in [0.15, 0.2) is 29.1 Å². The van der Waals surface area contributed by atoms with Gasteiger partial charge in [0.15, 0.2) is 5.78 Å². The first-order valence-electron chi connectivity index (χ1n) is 5.15. The number of aryl methyl sites for hydroxylation is 2. The van der Waals surface area contributed by atoms with Crippen molar-refractivity contribution in [3.8, 4) is 0 Å². The fraction of sp³-hybridized carbons (Fsp3) is 0.231. The summed E-state index contributed by atoms with van der Waals surface area (Å²) in [5.41, 5.74) is 3.83. The van der Waals surface area contributed by atoms with Gasteiger partial charge in [-0.1, -0.05) is 6.07 Å². The first-order valence-corrected chi connectivity index (χ1v) is 6.09. The van der Waals surface area contributed by atoms with Crippen LogP contribution < -0.4 is 0 Å². The van der Waals surface area contributed by atoms with E-state index in [0.29, 0.717) is 6.42 Å². The number of Topliss-reactive ketones (excluding diaryl/α,β-unsaturated/α-hetero) is 1. The third kappa shape index (κ3) is 2.19. The van der Waals surface area contributed by atoms with Gasteiger partial charge < -0.3 is 0 Å². The number of hydrogen-bond donors (Lipinski definition) is 0. The molecular weight excluding hydrogens is 218 g/mol. The Morgan fingerprint density at radius 1 is 1.31 bits per heavy atom. The number of hydrogen-bond acceptors (Lipinski definition) is 3. The fourth-order valence-electron chi connectivity index (χ4n) is 1.60. The van der Waals surface area contributed by atoms with Gasteiger partial charge in [0.05, 0.1) is 12.1 Å². The zero-order valence-electron chi connectivity index (χ0n) is 9.36. The number of thiophene rings is 1. The Kier molecular flexibility index (Phi) is 3.15. The molecule has 0 aliphatic carbocycles. The zero-order chi connectivity index (χ0) is 11.5. The lowest BCUT2D eigenvalue weighted by Gasteiger charge is -2.03. The van der Waals surface area contributed by atoms with Gasteiger partial charge in [-0.3, -0.25) is 9.78 Å². The number of pyridine rings is 1. The van der Waals surface area contributed by atoms with E-state index in [1.165, 1.54) is 0 Å². The molecule has 2 aromatic heterocycles. The molecule has 0 saturated carbocycles. The lowest BCUT2D eigenvalue weighted by Crippen LogP contribution is -2.06. The number of carbonyl (C=O) groups is 1. The van der Waals surface area contributed by atoms with Crippen LogP contribution in [0.1, 0.15) is 27.2 Å². The average Bonchev–Trinajstić information content (AvgIpc) is 2.68. The Hall–Kier alpha value is -1.48. The molecule has 0 spiro atoms. The number of rotatable bonds is 3. The minimum atomic E-state index is 0.153. The highest BCUT2D eigenvalue weighted by Crippen LogP contribution is 2.16. The molecule has 0 aliphatic rings. The quantitative estimate of drug-likeness (QED) is 0.759. The maximum Gasteiger partial charge on any atom is 0.169 e. The maximum absolute atomic E-state index is 12.0. The fourth-order valence-corrected chi connectivity index (χ4v) is 2.45. The SMILES string of the molecule is Cc1cscc1C(=O)Cc1ncccc1C. The van der Waals surface area contributed by atoms with Gasteiger partial charge in [0.1, 0.15) is 0 Å². The summed E-state index contributed by atoms with van der Waals surface area (Å²) in [4.78, 5) is 16.3. The molecule has 0 fully saturated rings. The normalized spacial score (nSPS) is 10.4. The van der Waals surface area contributed by atoms with Crippen molar-refractivity contribution in [2.75, 3.05) is 0 Å². The van der Waals surface area contributed by atoms with Crippen molar-refractivity contribution in [3.63, 3.8) is 0 Å². The molecule has 2 aromatic rings. The second-order valence-electron chi connectivity index (χ2n) is 3.84. The molecule has 0 atom stereocenters. The van der Waals surface area contributed by atoms with E-state index in [9.17, 15) is 4.79 Å². The van der Waals surface area contributed by atoms with Gasteiger partial charge in [-0.2, -0.15) is 11.3 Å². The minimum Gasteiger partial charge on any atom is -0.294 e. The predicted molar refractivity (Wildman–Crippen MR) is 66.1 cm³/mol. The van der Waals surface area contributed by atoms with Gasteiger partial charge in [-0.15, -0.1) is 0 Å². The largest absolute Gasteiger partial charge is 0.294 e. The Morgan fingerprint density at radius 3 is 2.75 bits per heavy atom. The summed E-state index contributed by atoms with van der Waals surface area (Å²) in [6, 6.07) is 3.87. The smallest absolute Gasteiger partial charge is 0.169 e. The van der Waals surface area contributed by atoms with Crippen LogP contribution in [0, 0.1) is 13.8 Å². The van der Waals surface area contributed by atoms with Crippen LogP contribution in [0.4, 0.5) is 0 Å². The second kappa shape index (κ2) is 4.58. The summed E-state index contributed by atoms with van der Waals surface area (Å²) in [5, 5.41) is 3.91. The van der Waals surface area contributed by atoms with Crippen molar-refractivity contribution >= 4 is 17.1 Å². The van der Waals surface area contributed by atoms with E-state index in [4.69, 9.17) is 0 Å². The van der Waals surface area contributed by atoms with Crippen LogP contribution in [0.25, 0.3) is 0 Å². The van der Waals surface area contributed by atoms with Crippen molar-refractivity contribution in [3.05, 3.63) is 51.5 Å². The molecule has 3 heteroatoms. The van der Waals surface area contributed by atoms with Gasteiger partial charge in [0.2, 0.25) is 0 Å². The lowest BCUT2D eigenvalue weighted by molar-refractivity contribution is 0.0991. The molecule has 16 heavy (non-hydrogen) atoms. The van der Waals surface area contributed by atoms with Crippen LogP contribution in [-0.2, 0) is 6.42 Å². The van der Waals surface area contributed by atoms with E-state index in [2.05, 4.69) is 4.98 Å². The van der Waals surface area contributed by atoms with Crippen molar-refractivity contribution < 1.29 is 4.79 Å². The summed E-state index contributed by atoms with van der Waals surface area (Å²) in [6.07, 6.45) is 2.13. The summed E-state index contributed by atoms with van der Waals surface area (Å²) in [7, 11) is 0. The molecular formula is C13H13NOS. The van der Waals surface area contributed by atoms with Crippen LogP contribution in [0.2, 0.25) is 0 Å². The molecule has 0 bridgehead atoms. The Bertz CT molecular complexity index is 516. The number of carbonyl (C=O) groups excluding carboxylic acids is 1. The second-order valence-corrected chi connectivity index (χ2v) is 4.58. The molecule has 2 rings (SSSR count). The predicted octanol–water partition coefficient (Wildman–Crippen LogP) is 3.19. The average molecular weight is 231 g/mol. The van der Waals surface area contributed by atoms with Crippen LogP contribution in [0.3, 0.4) is 0 Å². The first-order chi connectivity index (χ1) is 7.68. The van der Waals surface area contributed by atoms with Crippen molar-refractivity contribution in [1.82, 2.24) is 4.98 Å². The number of ketones is 1. The minimum absolute atomic E-state index is 0.153. The van der Waals surface area contributed by atoms with E-state index in [1.807, 2.05) is 36.7 Å². The van der Waals surface area contributed by atoms with Crippen molar-refractivity contribution in [1.29, 1.82) is 0 Å². The topological polar surface area (TPSA) is 30.0 Å². The Morgan fingerprint density at radius 2 is 2.12 bits per heavy atom. The standard InChI is InChI=1S/C13H13NOS/c1-9-4-3-5-14-12(9)6-13(15)11-8-16-7-10(11)2/h3-5,7-8H,6H2,1-2H3. The molecule has 0 unspecified atom stereocenters. The molecule has 0 aromatic carbocycles. The highest BCUT2D eigenvalue weighted by atomic mass is 32.1. The Balaban J connectivity index is 2.21. The van der Waals surface area contributed by atoms with E-state index in [-0.39, 0.29) is 5.78 Å². The van der Waals surface area contributed by atoms with E-state index in [0.717, 1.165) is 22.4 Å². The van der Waals surface area contributed by atoms with E-state index in [1.54, 1.807) is 17.5 Å². The molecule has 0 N–H and O–H groups in total. The number of aromatic nitrogens is 1. The van der Waals surface area contributed by atoms with Crippen molar-refractivity contribution in [2.24, 2.45) is 0 Å². The third-order valence-corrected chi connectivity index (χ3v) is 3.46. The summed E-state index contributed by atoms with van der Waals surface area (Å²) in [5.74, 6) is 0.153. The lowest BCUT2D eigenvalue weighted by atomic mass is 10.0.